The van der Waals surface area contributed by atoms with Crippen molar-refractivity contribution >= 4 is 5.97 Å². The summed E-state index contributed by atoms with van der Waals surface area (Å²) < 4.78 is 10.2. The fourth-order valence-electron chi connectivity index (χ4n) is 1.25. The Bertz CT molecular complexity index is 424. The summed E-state index contributed by atoms with van der Waals surface area (Å²) in [5.41, 5.74) is 0.129. The summed E-state index contributed by atoms with van der Waals surface area (Å²) in [6, 6.07) is 7.14. The fourth-order valence-corrected chi connectivity index (χ4v) is 1.25. The Morgan fingerprint density at radius 3 is 2.41 bits per heavy atom. The van der Waals surface area contributed by atoms with E-state index >= 15 is 0 Å². The number of terminal acetylenes is 1. The molecular weight excluding hydrogens is 216 g/mol. The third-order valence-electron chi connectivity index (χ3n) is 2.36. The molecule has 1 aromatic rings. The van der Waals surface area contributed by atoms with Crippen molar-refractivity contribution in [1.29, 1.82) is 0 Å². The molecule has 0 N–H and O–H groups in total. The van der Waals surface area contributed by atoms with Crippen LogP contribution in [0.25, 0.3) is 0 Å². The van der Waals surface area contributed by atoms with E-state index in [1.54, 1.807) is 38.1 Å². The second-order valence-corrected chi connectivity index (χ2v) is 4.33. The van der Waals surface area contributed by atoms with E-state index in [0.29, 0.717) is 5.75 Å². The first-order valence-electron chi connectivity index (χ1n) is 5.27. The van der Waals surface area contributed by atoms with Crippen molar-refractivity contribution in [2.45, 2.75) is 13.8 Å². The van der Waals surface area contributed by atoms with Gasteiger partial charge in [-0.2, -0.15) is 0 Å². The van der Waals surface area contributed by atoms with E-state index < -0.39 is 5.41 Å². The van der Waals surface area contributed by atoms with Crippen molar-refractivity contribution in [2.24, 2.45) is 5.41 Å². The molecule has 90 valence electrons. The van der Waals surface area contributed by atoms with Crippen LogP contribution < -0.4 is 4.74 Å². The molecule has 0 radical (unpaired) electrons. The van der Waals surface area contributed by atoms with E-state index in [0.717, 1.165) is 5.56 Å². The molecule has 0 bridgehead atoms. The number of rotatable bonds is 4. The monoisotopic (exact) mass is 232 g/mol. The highest BCUT2D eigenvalue weighted by molar-refractivity contribution is 5.75. The number of hydrogen-bond donors (Lipinski definition) is 0. The van der Waals surface area contributed by atoms with Crippen molar-refractivity contribution in [3.63, 3.8) is 0 Å². The van der Waals surface area contributed by atoms with Gasteiger partial charge in [0.05, 0.1) is 12.5 Å². The lowest BCUT2D eigenvalue weighted by molar-refractivity contribution is -0.152. The quantitative estimate of drug-likeness (QED) is 0.590. The lowest BCUT2D eigenvalue weighted by Gasteiger charge is -2.21. The van der Waals surface area contributed by atoms with Crippen molar-refractivity contribution in [1.82, 2.24) is 0 Å². The van der Waals surface area contributed by atoms with E-state index in [9.17, 15) is 4.79 Å². The molecule has 0 heterocycles. The molecule has 0 atom stereocenters. The summed E-state index contributed by atoms with van der Waals surface area (Å²) in [6.07, 6.45) is 5.25. The Hall–Kier alpha value is -1.95. The molecule has 3 nitrogen and oxygen atoms in total. The van der Waals surface area contributed by atoms with Gasteiger partial charge >= 0.3 is 5.97 Å². The minimum atomic E-state index is -0.667. The molecule has 1 rings (SSSR count). The Balaban J connectivity index is 2.61. The van der Waals surface area contributed by atoms with Crippen LogP contribution in [0.15, 0.2) is 24.3 Å². The molecule has 17 heavy (non-hydrogen) atoms. The molecule has 0 aliphatic rings. The van der Waals surface area contributed by atoms with Crippen LogP contribution in [0.2, 0.25) is 0 Å². The van der Waals surface area contributed by atoms with E-state index in [1.807, 2.05) is 0 Å². The molecule has 0 aliphatic heterocycles. The topological polar surface area (TPSA) is 35.5 Å². The predicted molar refractivity (Wildman–Crippen MR) is 65.7 cm³/mol. The molecule has 0 saturated carbocycles. The van der Waals surface area contributed by atoms with Gasteiger partial charge in [0.25, 0.3) is 0 Å². The summed E-state index contributed by atoms with van der Waals surface area (Å²) in [6.45, 7) is 3.80. The van der Waals surface area contributed by atoms with Crippen LogP contribution in [0.3, 0.4) is 0 Å². The Kier molecular flexibility index (Phi) is 4.17. The Morgan fingerprint density at radius 1 is 1.35 bits per heavy atom. The third-order valence-corrected chi connectivity index (χ3v) is 2.36. The highest BCUT2D eigenvalue weighted by atomic mass is 16.5. The number of ether oxygens (including phenoxy) is 2. The summed E-state index contributed by atoms with van der Waals surface area (Å²) in [5.74, 6) is 2.91. The fraction of sp³-hybridized carbons (Fsp3) is 0.357. The van der Waals surface area contributed by atoms with E-state index in [1.165, 1.54) is 7.11 Å². The second kappa shape index (κ2) is 5.40. The number of carbonyl (C=O) groups excluding carboxylic acids is 1. The van der Waals surface area contributed by atoms with E-state index in [2.05, 4.69) is 5.92 Å². The van der Waals surface area contributed by atoms with Gasteiger partial charge in [0.2, 0.25) is 0 Å². The molecule has 1 aromatic carbocycles. The van der Waals surface area contributed by atoms with Gasteiger partial charge in [0.15, 0.2) is 0 Å². The van der Waals surface area contributed by atoms with Gasteiger partial charge < -0.3 is 9.47 Å². The number of carbonyl (C=O) groups is 1. The van der Waals surface area contributed by atoms with Gasteiger partial charge in [-0.1, -0.05) is 5.92 Å². The smallest absolute Gasteiger partial charge is 0.314 e. The number of hydrogen-bond acceptors (Lipinski definition) is 3. The van der Waals surface area contributed by atoms with Crippen molar-refractivity contribution in [2.75, 3.05) is 13.7 Å². The molecular formula is C14H16O3. The molecule has 0 saturated heterocycles. The van der Waals surface area contributed by atoms with Gasteiger partial charge in [-0.25, -0.2) is 0 Å². The highest BCUT2D eigenvalue weighted by Gasteiger charge is 2.29. The first kappa shape index (κ1) is 13.1. The van der Waals surface area contributed by atoms with Crippen LogP contribution in [-0.2, 0) is 9.53 Å². The van der Waals surface area contributed by atoms with Crippen LogP contribution in [0, 0.1) is 17.8 Å². The second-order valence-electron chi connectivity index (χ2n) is 4.33. The standard InChI is InChI=1S/C14H16O3/c1-5-11-6-8-12(9-7-11)17-10-14(2,3)13(15)16-4/h1,6-9H,10H2,2-4H3. The van der Waals surface area contributed by atoms with Crippen molar-refractivity contribution < 1.29 is 14.3 Å². The zero-order valence-electron chi connectivity index (χ0n) is 10.3. The predicted octanol–water partition coefficient (Wildman–Crippen LogP) is 2.25. The van der Waals surface area contributed by atoms with E-state index in [4.69, 9.17) is 15.9 Å². The summed E-state index contributed by atoms with van der Waals surface area (Å²) in [5, 5.41) is 0. The van der Waals surface area contributed by atoms with Gasteiger partial charge in [-0.05, 0) is 38.1 Å². The zero-order valence-corrected chi connectivity index (χ0v) is 10.3. The van der Waals surface area contributed by atoms with Crippen LogP contribution in [0.5, 0.6) is 5.75 Å². The molecule has 0 amide bonds. The number of benzene rings is 1. The van der Waals surface area contributed by atoms with Gasteiger partial charge in [-0.15, -0.1) is 6.42 Å². The zero-order chi connectivity index (χ0) is 12.9. The Labute approximate surface area is 102 Å². The van der Waals surface area contributed by atoms with Crippen LogP contribution in [0.1, 0.15) is 19.4 Å². The number of esters is 1. The summed E-state index contributed by atoms with van der Waals surface area (Å²) in [7, 11) is 1.37. The normalized spacial score (nSPS) is 10.5. The maximum absolute atomic E-state index is 11.4. The lowest BCUT2D eigenvalue weighted by Crippen LogP contribution is -2.32. The average Bonchev–Trinajstić information content (AvgIpc) is 2.36. The molecule has 0 aliphatic carbocycles. The molecule has 0 unspecified atom stereocenters. The van der Waals surface area contributed by atoms with Crippen molar-refractivity contribution in [3.05, 3.63) is 29.8 Å². The SMILES string of the molecule is C#Cc1ccc(OCC(C)(C)C(=O)OC)cc1. The first-order chi connectivity index (χ1) is 7.99. The van der Waals surface area contributed by atoms with Crippen LogP contribution in [0.4, 0.5) is 0 Å². The maximum Gasteiger partial charge on any atom is 0.314 e. The highest BCUT2D eigenvalue weighted by Crippen LogP contribution is 2.20. The minimum absolute atomic E-state index is 0.259. The van der Waals surface area contributed by atoms with Crippen molar-refractivity contribution in [3.8, 4) is 18.1 Å². The van der Waals surface area contributed by atoms with Gasteiger partial charge in [0, 0.05) is 5.56 Å². The summed E-state index contributed by atoms with van der Waals surface area (Å²) in [4.78, 5) is 11.4. The van der Waals surface area contributed by atoms with E-state index in [-0.39, 0.29) is 12.6 Å². The molecule has 0 aromatic heterocycles. The molecule has 0 spiro atoms. The first-order valence-corrected chi connectivity index (χ1v) is 5.27. The largest absolute Gasteiger partial charge is 0.492 e. The van der Waals surface area contributed by atoms with Crippen LogP contribution in [-0.4, -0.2) is 19.7 Å². The summed E-state index contributed by atoms with van der Waals surface area (Å²) >= 11 is 0. The molecule has 0 fully saturated rings. The van der Waals surface area contributed by atoms with Gasteiger partial charge in [-0.3, -0.25) is 4.79 Å². The lowest BCUT2D eigenvalue weighted by atomic mass is 9.95. The molecule has 3 heteroatoms. The average molecular weight is 232 g/mol. The third kappa shape index (κ3) is 3.53. The maximum atomic E-state index is 11.4. The minimum Gasteiger partial charge on any atom is -0.492 e. The van der Waals surface area contributed by atoms with Crippen LogP contribution >= 0.6 is 0 Å². The Morgan fingerprint density at radius 2 is 1.94 bits per heavy atom. The number of methoxy groups -OCH3 is 1. The van der Waals surface area contributed by atoms with Gasteiger partial charge in [0.1, 0.15) is 12.4 Å².